The number of benzene rings is 1. The zero-order valence-corrected chi connectivity index (χ0v) is 11.0. The van der Waals surface area contributed by atoms with E-state index < -0.39 is 0 Å². The number of amides is 1. The van der Waals surface area contributed by atoms with Crippen LogP contribution in [0.4, 0.5) is 5.69 Å². The van der Waals surface area contributed by atoms with E-state index in [1.54, 1.807) is 36.6 Å². The highest BCUT2D eigenvalue weighted by molar-refractivity contribution is 6.42. The van der Waals surface area contributed by atoms with Crippen LogP contribution < -0.4 is 5.32 Å². The number of nitrogens with one attached hydrogen (secondary N) is 2. The molecule has 4 nitrogen and oxygen atoms in total. The van der Waals surface area contributed by atoms with Crippen LogP contribution in [-0.2, 0) is 0 Å². The summed E-state index contributed by atoms with van der Waals surface area (Å²) in [7, 11) is 0. The lowest BCUT2D eigenvalue weighted by Gasteiger charge is -2.04. The Morgan fingerprint density at radius 2 is 2.00 bits per heavy atom. The number of H-pyrrole nitrogens is 1. The molecule has 3 rings (SSSR count). The molecule has 0 saturated heterocycles. The van der Waals surface area contributed by atoms with E-state index in [4.69, 9.17) is 27.6 Å². The maximum Gasteiger partial charge on any atom is 0.272 e. The zero-order chi connectivity index (χ0) is 13.4. The average Bonchev–Trinajstić information content (AvgIpc) is 2.94. The SMILES string of the molecule is O=C(Nc1ccc(Cl)c(Cl)c1)c1cc2occc2[nH]1. The molecule has 3 aromatic rings. The number of anilines is 1. The molecule has 1 amide bonds. The standard InChI is InChI=1S/C13H8Cl2N2O2/c14-8-2-1-7(5-9(8)15)16-13(18)11-6-12-10(17-11)3-4-19-12/h1-6,17H,(H,16,18). The van der Waals surface area contributed by atoms with E-state index in [9.17, 15) is 4.79 Å². The molecule has 2 aromatic heterocycles. The summed E-state index contributed by atoms with van der Waals surface area (Å²) in [6.07, 6.45) is 1.56. The summed E-state index contributed by atoms with van der Waals surface area (Å²) >= 11 is 11.7. The molecule has 0 aliphatic rings. The van der Waals surface area contributed by atoms with E-state index in [0.717, 1.165) is 5.52 Å². The first-order chi connectivity index (χ1) is 9.13. The Labute approximate surface area is 118 Å². The van der Waals surface area contributed by atoms with Crippen LogP contribution in [0.25, 0.3) is 11.1 Å². The molecular formula is C13H8Cl2N2O2. The minimum atomic E-state index is -0.273. The number of rotatable bonds is 2. The molecular weight excluding hydrogens is 287 g/mol. The van der Waals surface area contributed by atoms with Crippen molar-refractivity contribution in [3.05, 3.63) is 52.3 Å². The molecule has 96 valence electrons. The third-order valence-corrected chi connectivity index (χ3v) is 3.40. The predicted molar refractivity (Wildman–Crippen MR) is 75.0 cm³/mol. The number of aromatic nitrogens is 1. The second-order valence-electron chi connectivity index (χ2n) is 3.96. The van der Waals surface area contributed by atoms with Crippen molar-refractivity contribution in [2.45, 2.75) is 0 Å². The van der Waals surface area contributed by atoms with Gasteiger partial charge in [0.1, 0.15) is 5.69 Å². The monoisotopic (exact) mass is 294 g/mol. The summed E-state index contributed by atoms with van der Waals surface area (Å²) in [6, 6.07) is 8.29. The number of halogens is 2. The molecule has 0 fully saturated rings. The summed E-state index contributed by atoms with van der Waals surface area (Å²) in [4.78, 5) is 15.0. The maximum atomic E-state index is 12.0. The van der Waals surface area contributed by atoms with E-state index in [2.05, 4.69) is 10.3 Å². The lowest BCUT2D eigenvalue weighted by atomic mass is 10.3. The van der Waals surface area contributed by atoms with E-state index in [1.165, 1.54) is 0 Å². The van der Waals surface area contributed by atoms with E-state index in [1.807, 2.05) is 0 Å². The quantitative estimate of drug-likeness (QED) is 0.739. The van der Waals surface area contributed by atoms with Crippen molar-refractivity contribution in [1.29, 1.82) is 0 Å². The van der Waals surface area contributed by atoms with Crippen LogP contribution in [0.1, 0.15) is 10.5 Å². The fourth-order valence-corrected chi connectivity index (χ4v) is 2.04. The van der Waals surface area contributed by atoms with E-state index >= 15 is 0 Å². The Morgan fingerprint density at radius 3 is 2.74 bits per heavy atom. The van der Waals surface area contributed by atoms with Crippen molar-refractivity contribution in [1.82, 2.24) is 4.98 Å². The molecule has 0 spiro atoms. The van der Waals surface area contributed by atoms with Crippen LogP contribution in [0.15, 0.2) is 41.0 Å². The molecule has 0 aliphatic carbocycles. The third-order valence-electron chi connectivity index (χ3n) is 2.66. The minimum absolute atomic E-state index is 0.273. The number of furan rings is 1. The van der Waals surface area contributed by atoms with Crippen molar-refractivity contribution in [3.8, 4) is 0 Å². The number of aromatic amines is 1. The molecule has 0 aliphatic heterocycles. The Hall–Kier alpha value is -1.91. The van der Waals surface area contributed by atoms with Gasteiger partial charge in [0.15, 0.2) is 5.58 Å². The zero-order valence-electron chi connectivity index (χ0n) is 9.54. The molecule has 6 heteroatoms. The highest BCUT2D eigenvalue weighted by Crippen LogP contribution is 2.25. The number of carbonyl (C=O) groups excluding carboxylic acids is 1. The lowest BCUT2D eigenvalue weighted by Crippen LogP contribution is -2.12. The van der Waals surface area contributed by atoms with Crippen molar-refractivity contribution in [2.75, 3.05) is 5.32 Å². The smallest absolute Gasteiger partial charge is 0.272 e. The normalized spacial score (nSPS) is 10.8. The van der Waals surface area contributed by atoms with Gasteiger partial charge in [0.2, 0.25) is 0 Å². The second kappa shape index (κ2) is 4.64. The van der Waals surface area contributed by atoms with Gasteiger partial charge >= 0.3 is 0 Å². The number of fused-ring (bicyclic) bond motifs is 1. The predicted octanol–water partition coefficient (Wildman–Crippen LogP) is 4.32. The van der Waals surface area contributed by atoms with Crippen molar-refractivity contribution in [2.24, 2.45) is 0 Å². The molecule has 0 saturated carbocycles. The van der Waals surface area contributed by atoms with Gasteiger partial charge in [-0.25, -0.2) is 0 Å². The van der Waals surface area contributed by atoms with Gasteiger partial charge in [0.25, 0.3) is 5.91 Å². The van der Waals surface area contributed by atoms with Gasteiger partial charge in [-0.05, 0) is 18.2 Å². The van der Waals surface area contributed by atoms with Crippen molar-refractivity contribution >= 4 is 45.9 Å². The van der Waals surface area contributed by atoms with Gasteiger partial charge in [0.05, 0.1) is 21.8 Å². The third kappa shape index (κ3) is 2.32. The van der Waals surface area contributed by atoms with Crippen LogP contribution in [0.3, 0.4) is 0 Å². The highest BCUT2D eigenvalue weighted by Gasteiger charge is 2.11. The van der Waals surface area contributed by atoms with Gasteiger partial charge in [-0.2, -0.15) is 0 Å². The second-order valence-corrected chi connectivity index (χ2v) is 4.78. The van der Waals surface area contributed by atoms with Crippen molar-refractivity contribution in [3.63, 3.8) is 0 Å². The molecule has 1 aromatic carbocycles. The molecule has 2 heterocycles. The molecule has 2 N–H and O–H groups in total. The van der Waals surface area contributed by atoms with Gasteiger partial charge in [-0.1, -0.05) is 23.2 Å². The molecule has 0 atom stereocenters. The van der Waals surface area contributed by atoms with Gasteiger partial charge in [-0.15, -0.1) is 0 Å². The maximum absolute atomic E-state index is 12.0. The minimum Gasteiger partial charge on any atom is -0.463 e. The van der Waals surface area contributed by atoms with Crippen LogP contribution in [-0.4, -0.2) is 10.9 Å². The van der Waals surface area contributed by atoms with Crippen LogP contribution in [0.5, 0.6) is 0 Å². The lowest BCUT2D eigenvalue weighted by molar-refractivity contribution is 0.102. The first-order valence-electron chi connectivity index (χ1n) is 5.46. The highest BCUT2D eigenvalue weighted by atomic mass is 35.5. The molecule has 0 radical (unpaired) electrons. The Kier molecular flexibility index (Phi) is 2.97. The van der Waals surface area contributed by atoms with E-state index in [-0.39, 0.29) is 5.91 Å². The summed E-state index contributed by atoms with van der Waals surface area (Å²) in [5.41, 5.74) is 2.41. The number of hydrogen-bond acceptors (Lipinski definition) is 2. The van der Waals surface area contributed by atoms with Crippen LogP contribution in [0.2, 0.25) is 10.0 Å². The number of hydrogen-bond donors (Lipinski definition) is 2. The summed E-state index contributed by atoms with van der Waals surface area (Å²) in [5.74, 6) is -0.273. The Morgan fingerprint density at radius 1 is 1.16 bits per heavy atom. The first kappa shape index (κ1) is 12.1. The van der Waals surface area contributed by atoms with Crippen molar-refractivity contribution < 1.29 is 9.21 Å². The van der Waals surface area contributed by atoms with Crippen LogP contribution in [0, 0.1) is 0 Å². The molecule has 19 heavy (non-hydrogen) atoms. The summed E-state index contributed by atoms with van der Waals surface area (Å²) < 4.78 is 5.18. The Bertz CT molecular complexity index is 732. The van der Waals surface area contributed by atoms with Crippen LogP contribution >= 0.6 is 23.2 Å². The van der Waals surface area contributed by atoms with Gasteiger partial charge < -0.3 is 14.7 Å². The summed E-state index contributed by atoms with van der Waals surface area (Å²) in [5, 5.41) is 3.55. The fraction of sp³-hybridized carbons (Fsp3) is 0. The first-order valence-corrected chi connectivity index (χ1v) is 6.22. The number of carbonyl (C=O) groups is 1. The largest absolute Gasteiger partial charge is 0.463 e. The van der Waals surface area contributed by atoms with E-state index in [0.29, 0.717) is 27.0 Å². The molecule has 0 bridgehead atoms. The fourth-order valence-electron chi connectivity index (χ4n) is 1.74. The summed E-state index contributed by atoms with van der Waals surface area (Å²) in [6.45, 7) is 0. The average molecular weight is 295 g/mol. The molecule has 0 unspecified atom stereocenters. The topological polar surface area (TPSA) is 58.0 Å². The van der Waals surface area contributed by atoms with Gasteiger partial charge in [0, 0.05) is 17.8 Å². The Balaban J connectivity index is 1.84. The van der Waals surface area contributed by atoms with Gasteiger partial charge in [-0.3, -0.25) is 4.79 Å².